The van der Waals surface area contributed by atoms with Crippen molar-refractivity contribution in [3.8, 4) is 0 Å². The van der Waals surface area contributed by atoms with Crippen LogP contribution in [0.5, 0.6) is 0 Å². The smallest absolute Gasteiger partial charge is 0.334 e. The molecule has 0 aliphatic heterocycles. The number of esters is 1. The Morgan fingerprint density at radius 3 is 1.87 bits per heavy atom. The van der Waals surface area contributed by atoms with E-state index in [-0.39, 0.29) is 11.3 Å². The highest BCUT2D eigenvalue weighted by molar-refractivity contribution is 7.80. The van der Waals surface area contributed by atoms with Crippen LogP contribution in [0.25, 0.3) is 0 Å². The predicted octanol–water partition coefficient (Wildman–Crippen LogP) is 4.68. The van der Waals surface area contributed by atoms with Crippen molar-refractivity contribution in [3.05, 3.63) is 46.1 Å². The van der Waals surface area contributed by atoms with E-state index in [1.165, 1.54) is 11.6 Å². The minimum Gasteiger partial charge on any atom is -0.467 e. The molecule has 2 N–H and O–H groups in total. The topological polar surface area (TPSA) is 86.5 Å². The summed E-state index contributed by atoms with van der Waals surface area (Å²) in [7, 11) is 1.15. The molecule has 0 aliphatic rings. The maximum atomic E-state index is 13.3. The van der Waals surface area contributed by atoms with Gasteiger partial charge in [0.1, 0.15) is 0 Å². The standard InChI is InChI=1S/C24H37NO4S/c1-16(2)10-8-12-18(5)14-20(26)21(19(6)13-9-11-17(3)4)22(27)24(25,15-30)23(28)29-7/h10-11,14,30H,8-9,12-13,15,25H2,1-7H3/b18-14+,21-19+. The zero-order valence-electron chi connectivity index (χ0n) is 19.4. The third-order valence-electron chi connectivity index (χ3n) is 4.65. The van der Waals surface area contributed by atoms with E-state index in [9.17, 15) is 14.4 Å². The Morgan fingerprint density at radius 2 is 1.43 bits per heavy atom. The lowest BCUT2D eigenvalue weighted by molar-refractivity contribution is -0.149. The quantitative estimate of drug-likeness (QED) is 0.116. The summed E-state index contributed by atoms with van der Waals surface area (Å²) >= 11 is 4.09. The highest BCUT2D eigenvalue weighted by atomic mass is 32.1. The Hall–Kier alpha value is -1.92. The lowest BCUT2D eigenvalue weighted by Crippen LogP contribution is -2.58. The number of hydrogen-bond acceptors (Lipinski definition) is 6. The van der Waals surface area contributed by atoms with Gasteiger partial charge in [0.2, 0.25) is 0 Å². The highest BCUT2D eigenvalue weighted by Gasteiger charge is 2.45. The lowest BCUT2D eigenvalue weighted by Gasteiger charge is -2.24. The molecule has 0 amide bonds. The number of Topliss-reactive ketones (excluding diaryl/α,β-unsaturated/α-hetero) is 1. The zero-order chi connectivity index (χ0) is 23.5. The number of allylic oxidation sites excluding steroid dienone is 7. The van der Waals surface area contributed by atoms with Crippen LogP contribution in [-0.4, -0.2) is 35.9 Å². The van der Waals surface area contributed by atoms with Gasteiger partial charge in [-0.1, -0.05) is 34.4 Å². The molecule has 0 fully saturated rings. The van der Waals surface area contributed by atoms with Gasteiger partial charge in [0.05, 0.1) is 12.7 Å². The molecule has 0 aliphatic carbocycles. The van der Waals surface area contributed by atoms with Gasteiger partial charge in [-0.15, -0.1) is 0 Å². The largest absolute Gasteiger partial charge is 0.467 e. The molecule has 5 nitrogen and oxygen atoms in total. The Balaban J connectivity index is 6.09. The summed E-state index contributed by atoms with van der Waals surface area (Å²) in [6, 6.07) is 0. The van der Waals surface area contributed by atoms with Gasteiger partial charge in [-0.25, -0.2) is 4.79 Å². The van der Waals surface area contributed by atoms with Crippen LogP contribution in [0, 0.1) is 0 Å². The monoisotopic (exact) mass is 435 g/mol. The predicted molar refractivity (Wildman–Crippen MR) is 127 cm³/mol. The number of ketones is 2. The number of methoxy groups -OCH3 is 1. The summed E-state index contributed by atoms with van der Waals surface area (Å²) in [4.78, 5) is 38.5. The van der Waals surface area contributed by atoms with Gasteiger partial charge in [-0.05, 0) is 73.3 Å². The molecule has 0 spiro atoms. The summed E-state index contributed by atoms with van der Waals surface area (Å²) in [5.74, 6) is -2.36. The summed E-state index contributed by atoms with van der Waals surface area (Å²) in [6.45, 7) is 11.6. The first-order valence-electron chi connectivity index (χ1n) is 10.1. The number of nitrogens with two attached hydrogens (primary N) is 1. The van der Waals surface area contributed by atoms with E-state index in [1.54, 1.807) is 6.92 Å². The first kappa shape index (κ1) is 28.1. The van der Waals surface area contributed by atoms with Crippen LogP contribution in [0.15, 0.2) is 46.1 Å². The molecule has 168 valence electrons. The maximum absolute atomic E-state index is 13.3. The minimum atomic E-state index is -2.01. The number of ether oxygens (including phenoxy) is 1. The van der Waals surface area contributed by atoms with Gasteiger partial charge in [0.15, 0.2) is 17.1 Å². The second-order valence-electron chi connectivity index (χ2n) is 8.10. The van der Waals surface area contributed by atoms with E-state index in [2.05, 4.69) is 18.7 Å². The third kappa shape index (κ3) is 8.84. The van der Waals surface area contributed by atoms with Gasteiger partial charge in [0, 0.05) is 5.75 Å². The van der Waals surface area contributed by atoms with E-state index >= 15 is 0 Å². The highest BCUT2D eigenvalue weighted by Crippen LogP contribution is 2.22. The summed E-state index contributed by atoms with van der Waals surface area (Å²) in [6.07, 6.45) is 8.29. The van der Waals surface area contributed by atoms with E-state index in [1.807, 2.05) is 40.7 Å². The SMILES string of the molecule is COC(=O)C(N)(CS)C(=O)/C(C(=O)/C=C(\C)CCC=C(C)C)=C(\C)CCC=C(C)C. The average molecular weight is 436 g/mol. The fourth-order valence-electron chi connectivity index (χ4n) is 2.81. The van der Waals surface area contributed by atoms with Crippen LogP contribution >= 0.6 is 12.6 Å². The maximum Gasteiger partial charge on any atom is 0.334 e. The Kier molecular flexibility index (Phi) is 12.5. The second kappa shape index (κ2) is 13.4. The van der Waals surface area contributed by atoms with Crippen molar-refractivity contribution in [2.24, 2.45) is 5.73 Å². The van der Waals surface area contributed by atoms with Crippen molar-refractivity contribution in [1.82, 2.24) is 0 Å². The average Bonchev–Trinajstić information content (AvgIpc) is 2.65. The van der Waals surface area contributed by atoms with Crippen LogP contribution in [0.4, 0.5) is 0 Å². The number of hydrogen-bond donors (Lipinski definition) is 2. The molecule has 0 aromatic rings. The van der Waals surface area contributed by atoms with Crippen LogP contribution in [0.2, 0.25) is 0 Å². The molecular weight excluding hydrogens is 398 g/mol. The summed E-state index contributed by atoms with van der Waals surface area (Å²) in [5, 5.41) is 0. The van der Waals surface area contributed by atoms with Gasteiger partial charge in [0.25, 0.3) is 0 Å². The van der Waals surface area contributed by atoms with Crippen LogP contribution in [0.1, 0.15) is 67.2 Å². The summed E-state index contributed by atoms with van der Waals surface area (Å²) < 4.78 is 4.71. The minimum absolute atomic E-state index is 0.0549. The number of carbonyl (C=O) groups excluding carboxylic acids is 3. The molecule has 0 aromatic carbocycles. The van der Waals surface area contributed by atoms with Gasteiger partial charge >= 0.3 is 5.97 Å². The first-order chi connectivity index (χ1) is 13.9. The van der Waals surface area contributed by atoms with Crippen molar-refractivity contribution in [2.45, 2.75) is 72.8 Å². The third-order valence-corrected chi connectivity index (χ3v) is 5.14. The Morgan fingerprint density at radius 1 is 0.933 bits per heavy atom. The normalized spacial score (nSPS) is 14.2. The molecule has 0 aromatic heterocycles. The lowest BCUT2D eigenvalue weighted by atomic mass is 9.85. The molecular formula is C24H37NO4S. The van der Waals surface area contributed by atoms with Crippen molar-refractivity contribution < 1.29 is 19.1 Å². The number of rotatable bonds is 12. The fraction of sp³-hybridized carbons (Fsp3) is 0.542. The van der Waals surface area contributed by atoms with Crippen molar-refractivity contribution in [2.75, 3.05) is 12.9 Å². The van der Waals surface area contributed by atoms with E-state index in [0.29, 0.717) is 24.8 Å². The molecule has 0 saturated carbocycles. The fourth-order valence-corrected chi connectivity index (χ4v) is 3.08. The van der Waals surface area contributed by atoms with Crippen LogP contribution < -0.4 is 5.73 Å². The molecule has 30 heavy (non-hydrogen) atoms. The number of thiol groups is 1. The number of carbonyl (C=O) groups is 3. The molecule has 1 atom stereocenters. The molecule has 0 saturated heterocycles. The van der Waals surface area contributed by atoms with Gasteiger partial charge in [-0.3, -0.25) is 9.59 Å². The van der Waals surface area contributed by atoms with Gasteiger partial charge < -0.3 is 10.5 Å². The molecule has 0 heterocycles. The molecule has 1 unspecified atom stereocenters. The molecule has 0 bridgehead atoms. The van der Waals surface area contributed by atoms with Crippen LogP contribution in [0.3, 0.4) is 0 Å². The zero-order valence-corrected chi connectivity index (χ0v) is 20.3. The summed E-state index contributed by atoms with van der Waals surface area (Å²) in [5.41, 5.74) is 7.80. The van der Waals surface area contributed by atoms with E-state index in [4.69, 9.17) is 10.5 Å². The van der Waals surface area contributed by atoms with E-state index < -0.39 is 23.1 Å². The molecule has 0 rings (SSSR count). The Bertz CT molecular complexity index is 766. The Labute approximate surface area is 186 Å². The van der Waals surface area contributed by atoms with Crippen molar-refractivity contribution in [3.63, 3.8) is 0 Å². The second-order valence-corrected chi connectivity index (χ2v) is 8.42. The van der Waals surface area contributed by atoms with E-state index in [0.717, 1.165) is 24.7 Å². The van der Waals surface area contributed by atoms with Crippen LogP contribution in [-0.2, 0) is 19.1 Å². The molecule has 6 heteroatoms. The van der Waals surface area contributed by atoms with Crippen molar-refractivity contribution in [1.29, 1.82) is 0 Å². The molecule has 0 radical (unpaired) electrons. The van der Waals surface area contributed by atoms with Crippen molar-refractivity contribution >= 4 is 30.2 Å². The first-order valence-corrected chi connectivity index (χ1v) is 10.7. The van der Waals surface area contributed by atoms with Gasteiger partial charge in [-0.2, -0.15) is 12.6 Å².